The van der Waals surface area contributed by atoms with Gasteiger partial charge in [-0.05, 0) is 36.1 Å². The van der Waals surface area contributed by atoms with Crippen LogP contribution in [-0.2, 0) is 23.2 Å². The van der Waals surface area contributed by atoms with Crippen LogP contribution in [0.2, 0.25) is 0 Å². The molecule has 2 aromatic rings. The molecule has 0 amide bonds. The van der Waals surface area contributed by atoms with E-state index in [9.17, 15) is 0 Å². The molecule has 164 valence electrons. The van der Waals surface area contributed by atoms with Crippen molar-refractivity contribution in [3.63, 3.8) is 0 Å². The third-order valence-corrected chi connectivity index (χ3v) is 4.35. The van der Waals surface area contributed by atoms with Crippen LogP contribution in [0, 0.1) is 0 Å². The highest BCUT2D eigenvalue weighted by Gasteiger charge is 2.15. The van der Waals surface area contributed by atoms with Gasteiger partial charge in [-0.3, -0.25) is 14.1 Å². The largest absolute Gasteiger partial charge is 0.493 e. The van der Waals surface area contributed by atoms with Crippen LogP contribution < -0.4 is 19.5 Å². The molecule has 0 unspecified atom stereocenters. The number of nitrogens with one attached hydrogen (secondary N) is 1. The molecule has 9 nitrogen and oxygen atoms in total. The van der Waals surface area contributed by atoms with Gasteiger partial charge in [0.15, 0.2) is 11.5 Å². The quantitative estimate of drug-likeness (QED) is 0.586. The summed E-state index contributed by atoms with van der Waals surface area (Å²) in [5, 5.41) is 3.47. The molecular formula is C20H26N2O7S. The molecule has 1 aliphatic rings. The maximum absolute atomic E-state index is 8.74. The van der Waals surface area contributed by atoms with Gasteiger partial charge in [0.2, 0.25) is 5.75 Å². The lowest BCUT2D eigenvalue weighted by Crippen LogP contribution is -2.30. The van der Waals surface area contributed by atoms with Gasteiger partial charge in [-0.15, -0.1) is 0 Å². The van der Waals surface area contributed by atoms with Crippen LogP contribution in [0.1, 0.15) is 16.7 Å². The zero-order chi connectivity index (χ0) is 22.1. The van der Waals surface area contributed by atoms with E-state index >= 15 is 0 Å². The zero-order valence-electron chi connectivity index (χ0n) is 17.1. The Morgan fingerprint density at radius 3 is 2.20 bits per heavy atom. The van der Waals surface area contributed by atoms with E-state index in [1.54, 1.807) is 21.3 Å². The molecule has 0 bridgehead atoms. The Balaban J connectivity index is 0.000000575. The predicted molar refractivity (Wildman–Crippen MR) is 114 cm³/mol. The van der Waals surface area contributed by atoms with E-state index < -0.39 is 10.4 Å². The topological polar surface area (TPSA) is 127 Å². The van der Waals surface area contributed by atoms with Gasteiger partial charge in [-0.2, -0.15) is 8.42 Å². The van der Waals surface area contributed by atoms with Crippen molar-refractivity contribution in [3.05, 3.63) is 53.1 Å². The first-order valence-electron chi connectivity index (χ1n) is 9.12. The second-order valence-corrected chi connectivity index (χ2v) is 7.19. The number of rotatable bonds is 6. The fourth-order valence-electron chi connectivity index (χ4n) is 3.10. The highest BCUT2D eigenvalue weighted by atomic mass is 32.3. The van der Waals surface area contributed by atoms with Gasteiger partial charge in [0.1, 0.15) is 5.84 Å². The van der Waals surface area contributed by atoms with E-state index in [-0.39, 0.29) is 0 Å². The summed E-state index contributed by atoms with van der Waals surface area (Å²) in [6.07, 6.45) is 1.84. The molecule has 0 saturated carbocycles. The average molecular weight is 439 g/mol. The molecule has 0 fully saturated rings. The monoisotopic (exact) mass is 438 g/mol. The minimum absolute atomic E-state index is 0.618. The third-order valence-electron chi connectivity index (χ3n) is 4.35. The van der Waals surface area contributed by atoms with Crippen molar-refractivity contribution >= 4 is 16.2 Å². The Labute approximate surface area is 176 Å². The normalized spacial score (nSPS) is 12.6. The van der Waals surface area contributed by atoms with Crippen LogP contribution in [-0.4, -0.2) is 57.8 Å². The Bertz CT molecular complexity index is 957. The standard InChI is InChI=1S/C20H24N2O3.H2O4S/c1-23-17-12-14(13-18(24-2)19(17)25-3)8-10-21-20-16-7-5-4-6-15(16)9-11-22-20;1-5(2,3)4/h4-7,12-13H,8-11H2,1-3H3,(H,21,22);(H2,1,2,3,4). The van der Waals surface area contributed by atoms with E-state index in [4.69, 9.17) is 31.7 Å². The highest BCUT2D eigenvalue weighted by molar-refractivity contribution is 7.79. The fraction of sp³-hybridized carbons (Fsp3) is 0.350. The van der Waals surface area contributed by atoms with Crippen molar-refractivity contribution in [2.75, 3.05) is 34.4 Å². The molecule has 0 aromatic heterocycles. The van der Waals surface area contributed by atoms with Crippen molar-refractivity contribution in [1.29, 1.82) is 0 Å². The van der Waals surface area contributed by atoms with Crippen LogP contribution in [0.3, 0.4) is 0 Å². The molecule has 1 heterocycles. The molecule has 0 radical (unpaired) electrons. The van der Waals surface area contributed by atoms with E-state index in [0.29, 0.717) is 17.2 Å². The molecule has 10 heteroatoms. The summed E-state index contributed by atoms with van der Waals surface area (Å²) in [6.45, 7) is 1.62. The molecule has 0 saturated heterocycles. The SMILES string of the molecule is COc1cc(CCNC2=NCCc3ccccc32)cc(OC)c1OC.O=S(=O)(O)O. The molecule has 0 atom stereocenters. The van der Waals surface area contributed by atoms with E-state index in [0.717, 1.165) is 37.3 Å². The van der Waals surface area contributed by atoms with E-state index in [1.165, 1.54) is 11.1 Å². The minimum Gasteiger partial charge on any atom is -0.493 e. The Hall–Kier alpha value is -2.82. The molecule has 3 rings (SSSR count). The van der Waals surface area contributed by atoms with Crippen LogP contribution in [0.4, 0.5) is 0 Å². The van der Waals surface area contributed by atoms with Crippen molar-refractivity contribution < 1.29 is 31.7 Å². The third kappa shape index (κ3) is 6.90. The maximum atomic E-state index is 8.74. The number of fused-ring (bicyclic) bond motifs is 1. The summed E-state index contributed by atoms with van der Waals surface area (Å²) in [5.74, 6) is 2.95. The zero-order valence-corrected chi connectivity index (χ0v) is 17.9. The average Bonchev–Trinajstić information content (AvgIpc) is 2.72. The Morgan fingerprint density at radius 1 is 1.03 bits per heavy atom. The van der Waals surface area contributed by atoms with Gasteiger partial charge >= 0.3 is 10.4 Å². The summed E-state index contributed by atoms with van der Waals surface area (Å²) in [7, 11) is 0.209. The number of nitrogens with zero attached hydrogens (tertiary/aromatic N) is 1. The molecule has 1 aliphatic heterocycles. The summed E-state index contributed by atoms with van der Waals surface area (Å²) in [5.41, 5.74) is 3.68. The second-order valence-electron chi connectivity index (χ2n) is 6.30. The fourth-order valence-corrected chi connectivity index (χ4v) is 3.10. The Morgan fingerprint density at radius 2 is 1.63 bits per heavy atom. The summed E-state index contributed by atoms with van der Waals surface area (Å²) >= 11 is 0. The minimum atomic E-state index is -4.67. The van der Waals surface area contributed by atoms with Crippen LogP contribution in [0.25, 0.3) is 0 Å². The van der Waals surface area contributed by atoms with Gasteiger partial charge in [0, 0.05) is 18.7 Å². The molecule has 0 spiro atoms. The molecule has 3 N–H and O–H groups in total. The lowest BCUT2D eigenvalue weighted by Gasteiger charge is -2.18. The number of aliphatic imine (C=N–C) groups is 1. The van der Waals surface area contributed by atoms with Crippen molar-refractivity contribution in [2.24, 2.45) is 4.99 Å². The number of hydrogen-bond acceptors (Lipinski definition) is 7. The van der Waals surface area contributed by atoms with Gasteiger partial charge in [0.25, 0.3) is 0 Å². The summed E-state index contributed by atoms with van der Waals surface area (Å²) < 4.78 is 47.8. The first-order chi connectivity index (χ1) is 14.3. The predicted octanol–water partition coefficient (Wildman–Crippen LogP) is 2.19. The number of benzene rings is 2. The van der Waals surface area contributed by atoms with Crippen LogP contribution in [0.15, 0.2) is 41.4 Å². The van der Waals surface area contributed by atoms with Crippen LogP contribution >= 0.6 is 0 Å². The molecule has 2 aromatic carbocycles. The second kappa shape index (κ2) is 10.8. The number of ether oxygens (including phenoxy) is 3. The molecule has 30 heavy (non-hydrogen) atoms. The lowest BCUT2D eigenvalue weighted by atomic mass is 10.0. The Kier molecular flexibility index (Phi) is 8.46. The van der Waals surface area contributed by atoms with E-state index in [2.05, 4.69) is 34.6 Å². The van der Waals surface area contributed by atoms with E-state index in [1.807, 2.05) is 12.1 Å². The molecule has 0 aliphatic carbocycles. The van der Waals surface area contributed by atoms with Crippen molar-refractivity contribution in [1.82, 2.24) is 5.32 Å². The molecular weight excluding hydrogens is 412 g/mol. The maximum Gasteiger partial charge on any atom is 0.394 e. The first kappa shape index (κ1) is 23.5. The van der Waals surface area contributed by atoms with Gasteiger partial charge in [-0.1, -0.05) is 24.3 Å². The summed E-state index contributed by atoms with van der Waals surface area (Å²) in [4.78, 5) is 4.63. The van der Waals surface area contributed by atoms with Crippen LogP contribution in [0.5, 0.6) is 17.2 Å². The number of amidine groups is 1. The number of methoxy groups -OCH3 is 3. The number of hydrogen-bond donors (Lipinski definition) is 3. The summed E-state index contributed by atoms with van der Waals surface area (Å²) in [6, 6.07) is 12.4. The van der Waals surface area contributed by atoms with Gasteiger partial charge in [-0.25, -0.2) is 0 Å². The smallest absolute Gasteiger partial charge is 0.394 e. The van der Waals surface area contributed by atoms with Gasteiger partial charge < -0.3 is 19.5 Å². The highest BCUT2D eigenvalue weighted by Crippen LogP contribution is 2.38. The van der Waals surface area contributed by atoms with Crippen molar-refractivity contribution in [2.45, 2.75) is 12.8 Å². The van der Waals surface area contributed by atoms with Gasteiger partial charge in [0.05, 0.1) is 21.3 Å². The first-order valence-corrected chi connectivity index (χ1v) is 10.5. The lowest BCUT2D eigenvalue weighted by molar-refractivity contribution is 0.324. The van der Waals surface area contributed by atoms with Crippen molar-refractivity contribution in [3.8, 4) is 17.2 Å².